The fourth-order valence-electron chi connectivity index (χ4n) is 2.92. The highest BCUT2D eigenvalue weighted by atomic mass is 19.1. The summed E-state index contributed by atoms with van der Waals surface area (Å²) < 4.78 is 15.4. The SMILES string of the molecule is CC(C)n1cc(CNC(=O)N2CCNC(=O)C2c2cccc(F)c2)cn1. The van der Waals surface area contributed by atoms with Gasteiger partial charge in [0.2, 0.25) is 5.91 Å². The monoisotopic (exact) mass is 359 g/mol. The molecule has 1 aromatic carbocycles. The van der Waals surface area contributed by atoms with Gasteiger partial charge in [0, 0.05) is 37.4 Å². The molecule has 2 heterocycles. The molecule has 3 amide bonds. The van der Waals surface area contributed by atoms with Crippen LogP contribution in [0.2, 0.25) is 0 Å². The Morgan fingerprint density at radius 1 is 1.46 bits per heavy atom. The van der Waals surface area contributed by atoms with Gasteiger partial charge in [-0.3, -0.25) is 9.48 Å². The molecule has 1 aromatic heterocycles. The molecule has 1 aliphatic rings. The summed E-state index contributed by atoms with van der Waals surface area (Å²) in [5.41, 5.74) is 1.32. The van der Waals surface area contributed by atoms with E-state index in [9.17, 15) is 14.0 Å². The fourth-order valence-corrected chi connectivity index (χ4v) is 2.92. The number of aromatic nitrogens is 2. The molecular weight excluding hydrogens is 337 g/mol. The Hall–Kier alpha value is -2.90. The number of amides is 3. The van der Waals surface area contributed by atoms with Crippen LogP contribution in [0.15, 0.2) is 36.7 Å². The summed E-state index contributed by atoms with van der Waals surface area (Å²) in [5.74, 6) is -0.757. The van der Waals surface area contributed by atoms with Crippen molar-refractivity contribution in [3.05, 3.63) is 53.6 Å². The van der Waals surface area contributed by atoms with Gasteiger partial charge < -0.3 is 15.5 Å². The van der Waals surface area contributed by atoms with Gasteiger partial charge in [-0.15, -0.1) is 0 Å². The average molecular weight is 359 g/mol. The van der Waals surface area contributed by atoms with E-state index >= 15 is 0 Å². The van der Waals surface area contributed by atoms with Gasteiger partial charge in [0.1, 0.15) is 11.9 Å². The van der Waals surface area contributed by atoms with Crippen molar-refractivity contribution in [2.75, 3.05) is 13.1 Å². The van der Waals surface area contributed by atoms with Crippen molar-refractivity contribution < 1.29 is 14.0 Å². The van der Waals surface area contributed by atoms with Gasteiger partial charge in [-0.2, -0.15) is 5.10 Å². The molecule has 0 spiro atoms. The first-order chi connectivity index (χ1) is 12.5. The third-order valence-corrected chi connectivity index (χ3v) is 4.27. The van der Waals surface area contributed by atoms with E-state index in [4.69, 9.17) is 0 Å². The minimum atomic E-state index is -0.849. The number of nitrogens with zero attached hydrogens (tertiary/aromatic N) is 3. The van der Waals surface area contributed by atoms with E-state index in [-0.39, 0.29) is 18.0 Å². The van der Waals surface area contributed by atoms with Gasteiger partial charge in [0.15, 0.2) is 0 Å². The topological polar surface area (TPSA) is 79.3 Å². The lowest BCUT2D eigenvalue weighted by Gasteiger charge is -2.35. The molecule has 1 saturated heterocycles. The van der Waals surface area contributed by atoms with Crippen LogP contribution in [-0.4, -0.2) is 39.7 Å². The maximum absolute atomic E-state index is 13.6. The molecule has 0 bridgehead atoms. The first kappa shape index (κ1) is 17.9. The third kappa shape index (κ3) is 3.84. The highest BCUT2D eigenvalue weighted by molar-refractivity contribution is 5.89. The number of halogens is 1. The van der Waals surface area contributed by atoms with Crippen molar-refractivity contribution >= 4 is 11.9 Å². The first-order valence-corrected chi connectivity index (χ1v) is 8.56. The van der Waals surface area contributed by atoms with Crippen LogP contribution < -0.4 is 10.6 Å². The highest BCUT2D eigenvalue weighted by Gasteiger charge is 2.34. The summed E-state index contributed by atoms with van der Waals surface area (Å²) in [6, 6.07) is 4.78. The second-order valence-corrected chi connectivity index (χ2v) is 6.52. The third-order valence-electron chi connectivity index (χ3n) is 4.27. The lowest BCUT2D eigenvalue weighted by Crippen LogP contribution is -2.54. The van der Waals surface area contributed by atoms with Crippen LogP contribution in [0.25, 0.3) is 0 Å². The maximum atomic E-state index is 13.6. The largest absolute Gasteiger partial charge is 0.352 e. The predicted octanol–water partition coefficient (Wildman–Crippen LogP) is 1.99. The van der Waals surface area contributed by atoms with Gasteiger partial charge in [-0.05, 0) is 31.5 Å². The van der Waals surface area contributed by atoms with Crippen LogP contribution in [-0.2, 0) is 11.3 Å². The first-order valence-electron chi connectivity index (χ1n) is 8.56. The van der Waals surface area contributed by atoms with Gasteiger partial charge in [-0.25, -0.2) is 9.18 Å². The number of rotatable bonds is 4. The molecule has 8 heteroatoms. The lowest BCUT2D eigenvalue weighted by molar-refractivity contribution is -0.127. The van der Waals surface area contributed by atoms with E-state index in [1.807, 2.05) is 24.7 Å². The number of urea groups is 1. The second-order valence-electron chi connectivity index (χ2n) is 6.52. The molecule has 0 saturated carbocycles. The summed E-state index contributed by atoms with van der Waals surface area (Å²) in [6.07, 6.45) is 3.57. The number of carbonyl (C=O) groups excluding carboxylic acids is 2. The molecule has 0 radical (unpaired) electrons. The molecule has 138 valence electrons. The van der Waals surface area contributed by atoms with Crippen LogP contribution in [0.1, 0.15) is 37.1 Å². The minimum Gasteiger partial charge on any atom is -0.352 e. The summed E-state index contributed by atoms with van der Waals surface area (Å²) in [6.45, 7) is 5.06. The maximum Gasteiger partial charge on any atom is 0.318 e. The summed E-state index contributed by atoms with van der Waals surface area (Å²) in [4.78, 5) is 26.4. The summed E-state index contributed by atoms with van der Waals surface area (Å²) >= 11 is 0. The Bertz CT molecular complexity index is 804. The van der Waals surface area contributed by atoms with Crippen molar-refractivity contribution in [2.24, 2.45) is 0 Å². The molecule has 26 heavy (non-hydrogen) atoms. The number of hydrogen-bond donors (Lipinski definition) is 2. The van der Waals surface area contributed by atoms with Gasteiger partial charge in [0.25, 0.3) is 0 Å². The van der Waals surface area contributed by atoms with Crippen LogP contribution in [0.5, 0.6) is 0 Å². The zero-order valence-corrected chi connectivity index (χ0v) is 14.8. The molecule has 1 fully saturated rings. The average Bonchev–Trinajstić information content (AvgIpc) is 3.09. The van der Waals surface area contributed by atoms with Gasteiger partial charge >= 0.3 is 6.03 Å². The summed E-state index contributed by atoms with van der Waals surface area (Å²) in [5, 5.41) is 9.78. The van der Waals surface area contributed by atoms with Crippen LogP contribution in [0.3, 0.4) is 0 Å². The molecule has 2 aromatic rings. The number of piperazine rings is 1. The molecule has 1 aliphatic heterocycles. The van der Waals surface area contributed by atoms with E-state index in [1.165, 1.54) is 23.1 Å². The molecule has 0 aliphatic carbocycles. The zero-order chi connectivity index (χ0) is 18.7. The zero-order valence-electron chi connectivity index (χ0n) is 14.8. The smallest absolute Gasteiger partial charge is 0.318 e. The van der Waals surface area contributed by atoms with E-state index in [2.05, 4.69) is 15.7 Å². The lowest BCUT2D eigenvalue weighted by atomic mass is 10.0. The summed E-state index contributed by atoms with van der Waals surface area (Å²) in [7, 11) is 0. The fraction of sp³-hybridized carbons (Fsp3) is 0.389. The Balaban J connectivity index is 1.72. The van der Waals surface area contributed by atoms with E-state index in [1.54, 1.807) is 12.3 Å². The van der Waals surface area contributed by atoms with E-state index < -0.39 is 11.9 Å². The molecule has 2 N–H and O–H groups in total. The van der Waals surface area contributed by atoms with E-state index in [0.29, 0.717) is 25.2 Å². The highest BCUT2D eigenvalue weighted by Crippen LogP contribution is 2.24. The minimum absolute atomic E-state index is 0.239. The van der Waals surface area contributed by atoms with E-state index in [0.717, 1.165) is 5.56 Å². The Morgan fingerprint density at radius 3 is 2.96 bits per heavy atom. The molecule has 7 nitrogen and oxygen atoms in total. The van der Waals surface area contributed by atoms with Crippen molar-refractivity contribution in [3.63, 3.8) is 0 Å². The Kier molecular flexibility index (Phi) is 5.20. The van der Waals surface area contributed by atoms with Crippen molar-refractivity contribution in [1.29, 1.82) is 0 Å². The number of hydrogen-bond acceptors (Lipinski definition) is 3. The molecule has 3 rings (SSSR count). The van der Waals surface area contributed by atoms with Crippen molar-refractivity contribution in [2.45, 2.75) is 32.5 Å². The van der Waals surface area contributed by atoms with Crippen LogP contribution in [0, 0.1) is 5.82 Å². The predicted molar refractivity (Wildman–Crippen MR) is 93.7 cm³/mol. The Labute approximate surface area is 151 Å². The standard InChI is InChI=1S/C18H22FN5O2/c1-12(2)24-11-13(10-22-24)9-21-18(26)23-7-6-20-17(25)16(23)14-4-3-5-15(19)8-14/h3-5,8,10-12,16H,6-7,9H2,1-2H3,(H,20,25)(H,21,26). The number of nitrogens with one attached hydrogen (secondary N) is 2. The van der Waals surface area contributed by atoms with Crippen molar-refractivity contribution in [3.8, 4) is 0 Å². The van der Waals surface area contributed by atoms with Gasteiger partial charge in [0.05, 0.1) is 6.20 Å². The molecule has 1 unspecified atom stereocenters. The molecule has 1 atom stereocenters. The number of carbonyl (C=O) groups is 2. The normalized spacial score (nSPS) is 17.3. The quantitative estimate of drug-likeness (QED) is 0.876. The molecular formula is C18H22FN5O2. The van der Waals surface area contributed by atoms with Crippen LogP contribution in [0.4, 0.5) is 9.18 Å². The van der Waals surface area contributed by atoms with Gasteiger partial charge in [-0.1, -0.05) is 12.1 Å². The Morgan fingerprint density at radius 2 is 2.27 bits per heavy atom. The van der Waals surface area contributed by atoms with Crippen molar-refractivity contribution in [1.82, 2.24) is 25.3 Å². The van der Waals surface area contributed by atoms with Crippen LogP contribution >= 0.6 is 0 Å². The number of benzene rings is 1. The second kappa shape index (κ2) is 7.55.